The van der Waals surface area contributed by atoms with Gasteiger partial charge < -0.3 is 14.5 Å². The molecule has 1 spiro atoms. The number of carbonyl (C=O) groups excluding carboxylic acids is 1. The summed E-state index contributed by atoms with van der Waals surface area (Å²) in [6.45, 7) is 3.63. The number of benzene rings is 2. The van der Waals surface area contributed by atoms with Gasteiger partial charge in [0.2, 0.25) is 5.82 Å². The van der Waals surface area contributed by atoms with Gasteiger partial charge in [-0.3, -0.25) is 4.90 Å². The molecule has 0 saturated carbocycles. The second kappa shape index (κ2) is 8.08. The lowest BCUT2D eigenvalue weighted by Crippen LogP contribution is -2.64. The minimum Gasteiger partial charge on any atom is -0.469 e. The number of hydrogen-bond donors (Lipinski definition) is 1. The van der Waals surface area contributed by atoms with Crippen LogP contribution in [0.4, 0.5) is 8.78 Å². The SMILES string of the molecule is Cc1[nH]c2c(F)c(F)c3c(c2c1C(=O)OCc1ccccc1)CC1CCCN2CCCCC12O3. The lowest BCUT2D eigenvalue weighted by Gasteiger charge is -2.56. The number of nitrogens with zero attached hydrogens (tertiary/aromatic N) is 1. The van der Waals surface area contributed by atoms with Gasteiger partial charge >= 0.3 is 5.97 Å². The van der Waals surface area contributed by atoms with Crippen molar-refractivity contribution in [2.75, 3.05) is 13.1 Å². The largest absolute Gasteiger partial charge is 0.469 e. The Balaban J connectivity index is 1.45. The molecule has 34 heavy (non-hydrogen) atoms. The van der Waals surface area contributed by atoms with E-state index in [4.69, 9.17) is 9.47 Å². The van der Waals surface area contributed by atoms with Crippen molar-refractivity contribution < 1.29 is 23.0 Å². The van der Waals surface area contributed by atoms with Gasteiger partial charge in [-0.2, -0.15) is 4.39 Å². The third-order valence-electron chi connectivity index (χ3n) is 7.89. The van der Waals surface area contributed by atoms with Crippen LogP contribution in [-0.2, 0) is 17.8 Å². The summed E-state index contributed by atoms with van der Waals surface area (Å²) in [5.74, 6) is -2.40. The first-order valence-corrected chi connectivity index (χ1v) is 12.2. The van der Waals surface area contributed by atoms with Gasteiger partial charge in [0.25, 0.3) is 0 Å². The summed E-state index contributed by atoms with van der Waals surface area (Å²) in [5, 5.41) is 0.396. The van der Waals surface area contributed by atoms with Gasteiger partial charge in [0.15, 0.2) is 17.3 Å². The molecule has 2 aromatic carbocycles. The van der Waals surface area contributed by atoms with Gasteiger partial charge in [-0.15, -0.1) is 0 Å². The number of aryl methyl sites for hydroxylation is 1. The van der Waals surface area contributed by atoms with Gasteiger partial charge in [0.05, 0.1) is 11.1 Å². The number of rotatable bonds is 3. The minimum absolute atomic E-state index is 0.0104. The first-order chi connectivity index (χ1) is 16.5. The van der Waals surface area contributed by atoms with E-state index in [-0.39, 0.29) is 29.4 Å². The van der Waals surface area contributed by atoms with Crippen LogP contribution in [0.25, 0.3) is 10.9 Å². The van der Waals surface area contributed by atoms with Gasteiger partial charge in [0, 0.05) is 42.1 Å². The molecule has 3 aromatic rings. The molecule has 0 radical (unpaired) electrons. The monoisotopic (exact) mass is 466 g/mol. The second-order valence-electron chi connectivity index (χ2n) is 9.81. The van der Waals surface area contributed by atoms with Crippen LogP contribution in [0.15, 0.2) is 30.3 Å². The van der Waals surface area contributed by atoms with Crippen LogP contribution in [-0.4, -0.2) is 34.7 Å². The van der Waals surface area contributed by atoms with E-state index >= 15 is 8.78 Å². The van der Waals surface area contributed by atoms with Crippen LogP contribution < -0.4 is 4.74 Å². The van der Waals surface area contributed by atoms with Crippen LogP contribution in [0.5, 0.6) is 5.75 Å². The van der Waals surface area contributed by atoms with Crippen molar-refractivity contribution in [3.63, 3.8) is 0 Å². The molecule has 0 amide bonds. The van der Waals surface area contributed by atoms with Crippen molar-refractivity contribution in [3.05, 3.63) is 64.4 Å². The van der Waals surface area contributed by atoms with E-state index in [1.165, 1.54) is 0 Å². The molecule has 178 valence electrons. The maximum Gasteiger partial charge on any atom is 0.340 e. The van der Waals surface area contributed by atoms with Crippen molar-refractivity contribution in [1.29, 1.82) is 0 Å². The summed E-state index contributed by atoms with van der Waals surface area (Å²) in [7, 11) is 0. The Kier molecular flexibility index (Phi) is 5.13. The molecular formula is C27H28F2N2O3. The summed E-state index contributed by atoms with van der Waals surface area (Å²) in [5.41, 5.74) is 1.59. The van der Waals surface area contributed by atoms with Gasteiger partial charge in [-0.25, -0.2) is 9.18 Å². The van der Waals surface area contributed by atoms with Crippen molar-refractivity contribution in [2.24, 2.45) is 5.92 Å². The number of piperidine rings is 2. The Morgan fingerprint density at radius 2 is 1.97 bits per heavy atom. The summed E-state index contributed by atoms with van der Waals surface area (Å²) < 4.78 is 42.7. The number of nitrogens with one attached hydrogen (secondary N) is 1. The van der Waals surface area contributed by atoms with Crippen molar-refractivity contribution in [1.82, 2.24) is 9.88 Å². The van der Waals surface area contributed by atoms with Crippen molar-refractivity contribution >= 4 is 16.9 Å². The average molecular weight is 467 g/mol. The molecule has 6 rings (SSSR count). The lowest BCUT2D eigenvalue weighted by molar-refractivity contribution is -0.179. The number of H-pyrrole nitrogens is 1. The van der Waals surface area contributed by atoms with E-state index in [0.29, 0.717) is 23.1 Å². The van der Waals surface area contributed by atoms with Crippen molar-refractivity contribution in [2.45, 2.75) is 57.8 Å². The molecule has 0 aliphatic carbocycles. The Bertz CT molecular complexity index is 1270. The molecule has 5 nitrogen and oxygen atoms in total. The third-order valence-corrected chi connectivity index (χ3v) is 7.89. The molecule has 1 aromatic heterocycles. The molecule has 2 fully saturated rings. The van der Waals surface area contributed by atoms with E-state index in [1.54, 1.807) is 6.92 Å². The number of hydrogen-bond acceptors (Lipinski definition) is 4. The quantitative estimate of drug-likeness (QED) is 0.508. The van der Waals surface area contributed by atoms with Crippen LogP contribution in [0.1, 0.15) is 59.3 Å². The fourth-order valence-electron chi connectivity index (χ4n) is 6.33. The fourth-order valence-corrected chi connectivity index (χ4v) is 6.33. The number of esters is 1. The molecule has 3 aliphatic rings. The number of aromatic nitrogens is 1. The maximum absolute atomic E-state index is 15.4. The zero-order chi connectivity index (χ0) is 23.4. The minimum atomic E-state index is -1.01. The standard InChI is InChI=1S/C27H28F2N2O3/c1-16-20(26(32)33-15-17-8-3-2-4-9-17)21-19-14-18-10-7-13-31-12-6-5-11-27(18,31)34-25(19)23(29)22(28)24(21)30-16/h2-4,8-9,18,30H,5-7,10-15H2,1H3. The van der Waals surface area contributed by atoms with E-state index in [1.807, 2.05) is 30.3 Å². The summed E-state index contributed by atoms with van der Waals surface area (Å²) >= 11 is 0. The Hall–Kier alpha value is -2.93. The molecule has 0 bridgehead atoms. The predicted molar refractivity (Wildman–Crippen MR) is 124 cm³/mol. The second-order valence-corrected chi connectivity index (χ2v) is 9.81. The highest BCUT2D eigenvalue weighted by molar-refractivity contribution is 6.08. The molecule has 7 heteroatoms. The van der Waals surface area contributed by atoms with Gasteiger partial charge in [-0.1, -0.05) is 30.3 Å². The van der Waals surface area contributed by atoms with E-state index in [0.717, 1.165) is 50.8 Å². The van der Waals surface area contributed by atoms with E-state index < -0.39 is 23.3 Å². The summed E-state index contributed by atoms with van der Waals surface area (Å²) in [6, 6.07) is 9.39. The maximum atomic E-state index is 15.4. The molecule has 2 saturated heterocycles. The third kappa shape index (κ3) is 3.17. The zero-order valence-corrected chi connectivity index (χ0v) is 19.3. The molecule has 4 heterocycles. The number of ether oxygens (including phenoxy) is 2. The lowest BCUT2D eigenvalue weighted by atomic mass is 9.74. The van der Waals surface area contributed by atoms with Crippen LogP contribution in [0, 0.1) is 24.5 Å². The zero-order valence-electron chi connectivity index (χ0n) is 19.3. The molecule has 3 aliphatic heterocycles. The first kappa shape index (κ1) is 21.6. The Morgan fingerprint density at radius 1 is 1.18 bits per heavy atom. The fraction of sp³-hybridized carbons (Fsp3) is 0.444. The van der Waals surface area contributed by atoms with Crippen LogP contribution in [0.3, 0.4) is 0 Å². The average Bonchev–Trinajstić information content (AvgIpc) is 3.21. The summed E-state index contributed by atoms with van der Waals surface area (Å²) in [6.07, 6.45) is 5.48. The highest BCUT2D eigenvalue weighted by Gasteiger charge is 2.53. The first-order valence-electron chi connectivity index (χ1n) is 12.2. The van der Waals surface area contributed by atoms with Crippen LogP contribution >= 0.6 is 0 Å². The van der Waals surface area contributed by atoms with E-state index in [9.17, 15) is 4.79 Å². The number of halogens is 2. The summed E-state index contributed by atoms with van der Waals surface area (Å²) in [4.78, 5) is 18.4. The van der Waals surface area contributed by atoms with E-state index in [2.05, 4.69) is 9.88 Å². The molecule has 2 unspecified atom stereocenters. The normalized spacial score (nSPS) is 24.1. The van der Waals surface area contributed by atoms with Gasteiger partial charge in [0.1, 0.15) is 6.61 Å². The Labute approximate surface area is 197 Å². The Morgan fingerprint density at radius 3 is 2.79 bits per heavy atom. The smallest absolute Gasteiger partial charge is 0.340 e. The van der Waals surface area contributed by atoms with Gasteiger partial charge in [-0.05, 0) is 44.6 Å². The topological polar surface area (TPSA) is 54.6 Å². The number of carbonyl (C=O) groups is 1. The highest BCUT2D eigenvalue weighted by atomic mass is 19.2. The van der Waals surface area contributed by atoms with Crippen LogP contribution in [0.2, 0.25) is 0 Å². The molecular weight excluding hydrogens is 438 g/mol. The molecule has 1 N–H and O–H groups in total. The molecule has 2 atom stereocenters. The van der Waals surface area contributed by atoms with Crippen molar-refractivity contribution in [3.8, 4) is 5.75 Å². The number of fused-ring (bicyclic) bond motifs is 3. The highest BCUT2D eigenvalue weighted by Crippen LogP contribution is 2.51. The number of aromatic amines is 1. The predicted octanol–water partition coefficient (Wildman–Crippen LogP) is 5.64.